The van der Waals surface area contributed by atoms with Gasteiger partial charge in [-0.15, -0.1) is 0 Å². The first-order valence-corrected chi connectivity index (χ1v) is 14.6. The summed E-state index contributed by atoms with van der Waals surface area (Å²) in [4.78, 5) is 56.1. The van der Waals surface area contributed by atoms with Crippen LogP contribution in [0.15, 0.2) is 30.6 Å². The van der Waals surface area contributed by atoms with Crippen LogP contribution in [0, 0.1) is 6.92 Å². The summed E-state index contributed by atoms with van der Waals surface area (Å²) in [5.74, 6) is 1.20. The lowest BCUT2D eigenvalue weighted by Gasteiger charge is -2.34. The fraction of sp³-hybridized carbons (Fsp3) is 0.448. The molecule has 5 heterocycles. The summed E-state index contributed by atoms with van der Waals surface area (Å²) in [6.45, 7) is 11.0. The van der Waals surface area contributed by atoms with Crippen LogP contribution in [0.25, 0.3) is 11.3 Å². The Kier molecular flexibility index (Phi) is 8.20. The minimum Gasteiger partial charge on any atom is -0.378 e. The van der Waals surface area contributed by atoms with Crippen molar-refractivity contribution in [3.63, 3.8) is 0 Å². The molecule has 14 nitrogen and oxygen atoms in total. The highest BCUT2D eigenvalue weighted by molar-refractivity contribution is 5.96. The number of carbonyl (C=O) groups excluding carboxylic acids is 2. The van der Waals surface area contributed by atoms with Crippen molar-refractivity contribution in [1.82, 2.24) is 29.7 Å². The molecule has 14 heteroatoms. The molecule has 0 saturated carbocycles. The number of morpholine rings is 1. The van der Waals surface area contributed by atoms with Gasteiger partial charge in [-0.1, -0.05) is 6.92 Å². The van der Waals surface area contributed by atoms with Gasteiger partial charge in [0.05, 0.1) is 25.5 Å². The van der Waals surface area contributed by atoms with Gasteiger partial charge in [0.25, 0.3) is 5.91 Å². The average molecular weight is 589 g/mol. The summed E-state index contributed by atoms with van der Waals surface area (Å²) in [5, 5.41) is 4.31. The zero-order valence-electron chi connectivity index (χ0n) is 24.5. The molecule has 3 aromatic rings. The van der Waals surface area contributed by atoms with Crippen molar-refractivity contribution in [1.29, 1.82) is 0 Å². The minimum atomic E-state index is -0.658. The number of aryl methyl sites for hydroxylation is 1. The highest BCUT2D eigenvalue weighted by Crippen LogP contribution is 2.35. The Morgan fingerprint density at radius 3 is 2.47 bits per heavy atom. The van der Waals surface area contributed by atoms with E-state index < -0.39 is 6.09 Å². The second kappa shape index (κ2) is 12.4. The zero-order valence-corrected chi connectivity index (χ0v) is 24.5. The molecule has 0 atom stereocenters. The van der Waals surface area contributed by atoms with Gasteiger partial charge in [-0.3, -0.25) is 10.1 Å². The SMILES string of the molecule is CCN1CCN(C(=O)c2ccc(NC(=O)ON3CCc4c(-c5cnc(N)nc5)nc(N5CCOCC5)nc43)c(C)c2)CC1. The van der Waals surface area contributed by atoms with Crippen LogP contribution in [0.4, 0.5) is 28.2 Å². The van der Waals surface area contributed by atoms with Crippen molar-refractivity contribution in [3.05, 3.63) is 47.3 Å². The first-order chi connectivity index (χ1) is 20.9. The van der Waals surface area contributed by atoms with Crippen LogP contribution in [-0.4, -0.2) is 107 Å². The van der Waals surface area contributed by atoms with E-state index in [1.807, 2.05) is 16.7 Å². The number of nitrogens with zero attached hydrogens (tertiary/aromatic N) is 8. The van der Waals surface area contributed by atoms with Crippen molar-refractivity contribution >= 4 is 35.4 Å². The van der Waals surface area contributed by atoms with E-state index >= 15 is 0 Å². The summed E-state index contributed by atoms with van der Waals surface area (Å²) in [6.07, 6.45) is 3.17. The number of carbonyl (C=O) groups is 2. The predicted octanol–water partition coefficient (Wildman–Crippen LogP) is 1.96. The number of likely N-dealkylation sites (N-methyl/N-ethyl adjacent to an activating group) is 1. The Balaban J connectivity index is 1.17. The maximum Gasteiger partial charge on any atom is 0.436 e. The van der Waals surface area contributed by atoms with E-state index in [-0.39, 0.29) is 11.9 Å². The highest BCUT2D eigenvalue weighted by atomic mass is 16.7. The third-order valence-electron chi connectivity index (χ3n) is 8.02. The Bertz CT molecular complexity index is 1490. The van der Waals surface area contributed by atoms with Crippen LogP contribution in [0.2, 0.25) is 0 Å². The number of fused-ring (bicyclic) bond motifs is 1. The van der Waals surface area contributed by atoms with Gasteiger partial charge in [0.15, 0.2) is 5.82 Å². The molecule has 0 unspecified atom stereocenters. The second-order valence-corrected chi connectivity index (χ2v) is 10.7. The monoisotopic (exact) mass is 588 g/mol. The van der Waals surface area contributed by atoms with Crippen molar-refractivity contribution < 1.29 is 19.2 Å². The van der Waals surface area contributed by atoms with E-state index in [1.165, 1.54) is 5.06 Å². The molecule has 6 rings (SSSR count). The number of ether oxygens (including phenoxy) is 1. The van der Waals surface area contributed by atoms with Gasteiger partial charge in [0, 0.05) is 74.0 Å². The van der Waals surface area contributed by atoms with Gasteiger partial charge in [-0.05, 0) is 43.7 Å². The van der Waals surface area contributed by atoms with Gasteiger partial charge in [-0.25, -0.2) is 19.7 Å². The number of nitrogens with one attached hydrogen (secondary N) is 1. The fourth-order valence-electron chi connectivity index (χ4n) is 5.53. The fourth-order valence-corrected chi connectivity index (χ4v) is 5.53. The van der Waals surface area contributed by atoms with Crippen molar-refractivity contribution in [2.24, 2.45) is 0 Å². The standard InChI is InChI=1S/C29H36N10O4/c1-3-36-8-10-37(11-9-36)26(40)20-4-5-23(19(2)16-20)33-29(41)43-39-7-6-22-24(21-17-31-27(30)32-18-21)34-28(35-25(22)39)38-12-14-42-15-13-38/h4-5,16-18H,3,6-15H2,1-2H3,(H,33,41)(H2,30,31,32). The van der Waals surface area contributed by atoms with Crippen LogP contribution >= 0.6 is 0 Å². The summed E-state index contributed by atoms with van der Waals surface area (Å²) < 4.78 is 5.50. The number of rotatable bonds is 6. The van der Waals surface area contributed by atoms with Crippen LogP contribution in [-0.2, 0) is 16.0 Å². The second-order valence-electron chi connectivity index (χ2n) is 10.7. The molecule has 43 heavy (non-hydrogen) atoms. The molecule has 0 aliphatic carbocycles. The molecule has 0 radical (unpaired) electrons. The van der Waals surface area contributed by atoms with E-state index in [4.69, 9.17) is 25.3 Å². The van der Waals surface area contributed by atoms with Crippen molar-refractivity contribution in [2.75, 3.05) is 86.6 Å². The molecule has 2 saturated heterocycles. The molecule has 2 amide bonds. The number of nitrogens with two attached hydrogens (primary N) is 1. The number of amides is 2. The summed E-state index contributed by atoms with van der Waals surface area (Å²) in [7, 11) is 0. The Morgan fingerprint density at radius 1 is 1.02 bits per heavy atom. The lowest BCUT2D eigenvalue weighted by atomic mass is 10.1. The van der Waals surface area contributed by atoms with Crippen LogP contribution in [0.1, 0.15) is 28.4 Å². The molecular weight excluding hydrogens is 552 g/mol. The molecule has 1 aromatic carbocycles. The van der Waals surface area contributed by atoms with Gasteiger partial charge >= 0.3 is 6.09 Å². The highest BCUT2D eigenvalue weighted by Gasteiger charge is 2.31. The molecule has 0 spiro atoms. The molecular formula is C29H36N10O4. The average Bonchev–Trinajstić information content (AvgIpc) is 3.44. The number of hydroxylamine groups is 1. The molecule has 226 valence electrons. The number of anilines is 4. The Labute approximate surface area is 249 Å². The normalized spacial score (nSPS) is 17.1. The molecule has 2 aromatic heterocycles. The molecule has 2 fully saturated rings. The maximum atomic E-state index is 13.1. The maximum absolute atomic E-state index is 13.1. The topological polar surface area (TPSA) is 155 Å². The number of hydrogen-bond acceptors (Lipinski definition) is 12. The van der Waals surface area contributed by atoms with Crippen molar-refractivity contribution in [3.8, 4) is 11.3 Å². The van der Waals surface area contributed by atoms with E-state index in [0.717, 1.165) is 30.8 Å². The molecule has 3 aliphatic heterocycles. The van der Waals surface area contributed by atoms with Crippen LogP contribution in [0.3, 0.4) is 0 Å². The third kappa shape index (κ3) is 6.15. The van der Waals surface area contributed by atoms with Gasteiger partial charge in [-0.2, -0.15) is 10.0 Å². The lowest BCUT2D eigenvalue weighted by Crippen LogP contribution is -2.48. The zero-order chi connectivity index (χ0) is 29.9. The van der Waals surface area contributed by atoms with E-state index in [1.54, 1.807) is 30.6 Å². The van der Waals surface area contributed by atoms with Gasteiger partial charge in [0.2, 0.25) is 11.9 Å². The number of benzene rings is 1. The predicted molar refractivity (Wildman–Crippen MR) is 161 cm³/mol. The van der Waals surface area contributed by atoms with Crippen molar-refractivity contribution in [2.45, 2.75) is 20.3 Å². The Morgan fingerprint density at radius 2 is 1.77 bits per heavy atom. The first-order valence-electron chi connectivity index (χ1n) is 14.6. The quantitative estimate of drug-likeness (QED) is 0.432. The number of aromatic nitrogens is 4. The Hall–Kier alpha value is -4.56. The van der Waals surface area contributed by atoms with Crippen LogP contribution < -0.4 is 21.0 Å². The van der Waals surface area contributed by atoms with Gasteiger partial charge < -0.3 is 30.0 Å². The minimum absolute atomic E-state index is 0.000263. The van der Waals surface area contributed by atoms with E-state index in [2.05, 4.69) is 27.1 Å². The summed E-state index contributed by atoms with van der Waals surface area (Å²) >= 11 is 0. The summed E-state index contributed by atoms with van der Waals surface area (Å²) in [6, 6.07) is 5.28. The molecule has 3 N–H and O–H groups in total. The van der Waals surface area contributed by atoms with Gasteiger partial charge in [0.1, 0.15) is 0 Å². The van der Waals surface area contributed by atoms with E-state index in [0.29, 0.717) is 86.6 Å². The molecule has 3 aliphatic rings. The molecule has 0 bridgehead atoms. The third-order valence-corrected chi connectivity index (χ3v) is 8.02. The lowest BCUT2D eigenvalue weighted by molar-refractivity contribution is 0.0643. The summed E-state index contributed by atoms with van der Waals surface area (Å²) in [5.41, 5.74) is 9.84. The number of nitrogen functional groups attached to an aromatic ring is 1. The largest absolute Gasteiger partial charge is 0.436 e. The smallest absolute Gasteiger partial charge is 0.378 e. The number of hydrogen-bond donors (Lipinski definition) is 2. The van der Waals surface area contributed by atoms with Crippen LogP contribution in [0.5, 0.6) is 0 Å². The first kappa shape index (κ1) is 28.6. The van der Waals surface area contributed by atoms with E-state index in [9.17, 15) is 9.59 Å². The number of piperazine rings is 1.